The topological polar surface area (TPSA) is 38.3 Å². The van der Waals surface area contributed by atoms with Gasteiger partial charge in [0.1, 0.15) is 11.6 Å². The fraction of sp³-hybridized carbons (Fsp3) is 0.409. The molecule has 0 aromatic heterocycles. The Labute approximate surface area is 163 Å². The smallest absolute Gasteiger partial charge is 0.251 e. The maximum absolute atomic E-state index is 13.0. The summed E-state index contributed by atoms with van der Waals surface area (Å²) in [5.41, 5.74) is 0.640. The number of rotatable bonds is 6. The molecular formula is C22H23ClFNO2. The van der Waals surface area contributed by atoms with Gasteiger partial charge in [0.15, 0.2) is 0 Å². The fourth-order valence-corrected chi connectivity index (χ4v) is 4.69. The van der Waals surface area contributed by atoms with Crippen LogP contribution in [0.2, 0.25) is 5.02 Å². The first-order valence-corrected chi connectivity index (χ1v) is 9.91. The number of fused-ring (bicyclic) bond motifs is 1. The average Bonchev–Trinajstić information content (AvgIpc) is 3.16. The maximum atomic E-state index is 13.0. The summed E-state index contributed by atoms with van der Waals surface area (Å²) >= 11 is 5.89. The second-order valence-electron chi connectivity index (χ2n) is 7.57. The number of hydrogen-bond acceptors (Lipinski definition) is 2. The normalized spacial score (nSPS) is 26.9. The summed E-state index contributed by atoms with van der Waals surface area (Å²) in [4.78, 5) is 12.5. The second kappa shape index (κ2) is 7.51. The number of nitrogens with one attached hydrogen (secondary N) is 1. The van der Waals surface area contributed by atoms with Gasteiger partial charge in [-0.2, -0.15) is 0 Å². The minimum Gasteiger partial charge on any atom is -0.490 e. The first-order chi connectivity index (χ1) is 13.0. The molecular weight excluding hydrogens is 365 g/mol. The molecule has 0 aliphatic heterocycles. The molecule has 0 radical (unpaired) electrons. The third kappa shape index (κ3) is 3.96. The Bertz CT molecular complexity index is 796. The van der Waals surface area contributed by atoms with Gasteiger partial charge < -0.3 is 10.1 Å². The van der Waals surface area contributed by atoms with Gasteiger partial charge in [0.2, 0.25) is 0 Å². The van der Waals surface area contributed by atoms with Crippen LogP contribution in [0.1, 0.15) is 36.5 Å². The van der Waals surface area contributed by atoms with Crippen LogP contribution in [0.4, 0.5) is 4.39 Å². The van der Waals surface area contributed by atoms with Crippen molar-refractivity contribution in [3.63, 3.8) is 0 Å². The lowest BCUT2D eigenvalue weighted by Crippen LogP contribution is -2.37. The summed E-state index contributed by atoms with van der Waals surface area (Å²) in [7, 11) is 0. The molecule has 3 unspecified atom stereocenters. The molecule has 2 aromatic carbocycles. The van der Waals surface area contributed by atoms with Crippen LogP contribution < -0.4 is 10.1 Å². The van der Waals surface area contributed by atoms with E-state index in [0.717, 1.165) is 25.0 Å². The third-order valence-corrected chi connectivity index (χ3v) is 6.16. The Morgan fingerprint density at radius 2 is 1.78 bits per heavy atom. The van der Waals surface area contributed by atoms with E-state index < -0.39 is 0 Å². The molecule has 0 saturated heterocycles. The zero-order valence-electron chi connectivity index (χ0n) is 15.2. The van der Waals surface area contributed by atoms with Crippen molar-refractivity contribution < 1.29 is 13.9 Å². The van der Waals surface area contributed by atoms with Crippen LogP contribution in [0.5, 0.6) is 5.75 Å². The molecule has 1 N–H and O–H groups in total. The quantitative estimate of drug-likeness (QED) is 0.749. The molecule has 5 heteroatoms. The highest BCUT2D eigenvalue weighted by Gasteiger charge is 2.59. The molecule has 2 saturated carbocycles. The van der Waals surface area contributed by atoms with Crippen LogP contribution in [0, 0.1) is 23.6 Å². The van der Waals surface area contributed by atoms with Crippen molar-refractivity contribution in [3.8, 4) is 5.75 Å². The van der Waals surface area contributed by atoms with Gasteiger partial charge in [-0.1, -0.05) is 18.5 Å². The van der Waals surface area contributed by atoms with Crippen molar-refractivity contribution in [2.75, 3.05) is 0 Å². The van der Waals surface area contributed by atoms with E-state index in [9.17, 15) is 9.18 Å². The Balaban J connectivity index is 1.31. The summed E-state index contributed by atoms with van der Waals surface area (Å²) in [5, 5.41) is 3.83. The average molecular weight is 388 g/mol. The number of benzene rings is 2. The van der Waals surface area contributed by atoms with Crippen molar-refractivity contribution in [2.45, 2.75) is 38.3 Å². The van der Waals surface area contributed by atoms with Crippen molar-refractivity contribution in [2.24, 2.45) is 17.8 Å². The fourth-order valence-electron chi connectivity index (χ4n) is 4.56. The van der Waals surface area contributed by atoms with E-state index in [1.165, 1.54) is 12.1 Å². The lowest BCUT2D eigenvalue weighted by Gasteiger charge is -2.22. The van der Waals surface area contributed by atoms with Crippen LogP contribution in [0.25, 0.3) is 0 Å². The molecule has 4 rings (SSSR count). The zero-order valence-corrected chi connectivity index (χ0v) is 16.0. The second-order valence-corrected chi connectivity index (χ2v) is 8.00. The molecule has 0 bridgehead atoms. The predicted octanol–water partition coefficient (Wildman–Crippen LogP) is 5.09. The van der Waals surface area contributed by atoms with Crippen LogP contribution in [-0.4, -0.2) is 18.1 Å². The summed E-state index contributed by atoms with van der Waals surface area (Å²) < 4.78 is 19.0. The van der Waals surface area contributed by atoms with E-state index in [4.69, 9.17) is 16.3 Å². The third-order valence-electron chi connectivity index (χ3n) is 5.91. The molecule has 3 atom stereocenters. The number of amides is 1. The monoisotopic (exact) mass is 387 g/mol. The summed E-state index contributed by atoms with van der Waals surface area (Å²) in [5.74, 6) is 2.17. The molecule has 0 heterocycles. The first-order valence-electron chi connectivity index (χ1n) is 9.54. The van der Waals surface area contributed by atoms with Gasteiger partial charge >= 0.3 is 0 Å². The van der Waals surface area contributed by atoms with Gasteiger partial charge in [0.05, 0.1) is 6.10 Å². The largest absolute Gasteiger partial charge is 0.490 e. The van der Waals surface area contributed by atoms with Crippen molar-refractivity contribution in [1.82, 2.24) is 5.32 Å². The molecule has 3 nitrogen and oxygen atoms in total. The van der Waals surface area contributed by atoms with E-state index in [1.807, 2.05) is 0 Å². The Morgan fingerprint density at radius 1 is 1.15 bits per heavy atom. The minimum absolute atomic E-state index is 0.0393. The number of halogens is 2. The Morgan fingerprint density at radius 3 is 2.37 bits per heavy atom. The molecule has 2 aliphatic carbocycles. The molecule has 2 aromatic rings. The van der Waals surface area contributed by atoms with Gasteiger partial charge in [-0.25, -0.2) is 4.39 Å². The summed E-state index contributed by atoms with van der Waals surface area (Å²) in [6.07, 6.45) is 3.10. The van der Waals surface area contributed by atoms with Gasteiger partial charge in [-0.3, -0.25) is 4.79 Å². The molecule has 142 valence electrons. The highest BCUT2D eigenvalue weighted by Crippen LogP contribution is 2.60. The number of ether oxygens (including phenoxy) is 1. The summed E-state index contributed by atoms with van der Waals surface area (Å²) in [6.45, 7) is 2.12. The first kappa shape index (κ1) is 18.3. The summed E-state index contributed by atoms with van der Waals surface area (Å²) in [6, 6.07) is 13.4. The molecule has 1 amide bonds. The highest BCUT2D eigenvalue weighted by molar-refractivity contribution is 6.30. The van der Waals surface area contributed by atoms with Gasteiger partial charge in [-0.15, -0.1) is 0 Å². The lowest BCUT2D eigenvalue weighted by atomic mass is 10.00. The molecule has 2 fully saturated rings. The minimum atomic E-state index is -0.251. The van der Waals surface area contributed by atoms with Crippen LogP contribution in [0.15, 0.2) is 48.5 Å². The molecule has 27 heavy (non-hydrogen) atoms. The van der Waals surface area contributed by atoms with E-state index in [0.29, 0.717) is 28.3 Å². The van der Waals surface area contributed by atoms with Crippen LogP contribution in [0.3, 0.4) is 0 Å². The van der Waals surface area contributed by atoms with Crippen LogP contribution >= 0.6 is 11.6 Å². The van der Waals surface area contributed by atoms with Gasteiger partial charge in [-0.05, 0) is 85.5 Å². The highest BCUT2D eigenvalue weighted by atomic mass is 35.5. The molecule has 2 aliphatic rings. The number of carbonyl (C=O) groups excluding carboxylic acids is 1. The lowest BCUT2D eigenvalue weighted by molar-refractivity contribution is 0.0924. The van der Waals surface area contributed by atoms with Crippen molar-refractivity contribution in [3.05, 3.63) is 64.9 Å². The van der Waals surface area contributed by atoms with Crippen LogP contribution in [-0.2, 0) is 0 Å². The van der Waals surface area contributed by atoms with E-state index >= 15 is 0 Å². The standard InChI is InChI=1S/C22H23ClFNO2/c1-2-20(25-22(26)13-3-5-14(23)6-4-13)21-18-11-17(12-19(18)21)27-16-9-7-15(24)8-10-16/h3-10,17-21H,2,11-12H2,1H3,(H,25,26). The molecule has 0 spiro atoms. The Hall–Kier alpha value is -2.07. The zero-order chi connectivity index (χ0) is 19.0. The SMILES string of the molecule is CCC(NC(=O)c1ccc(Cl)cc1)C1C2CC(Oc3ccc(F)cc3)CC21. The number of hydrogen-bond donors (Lipinski definition) is 1. The van der Waals surface area contributed by atoms with Gasteiger partial charge in [0, 0.05) is 16.6 Å². The van der Waals surface area contributed by atoms with E-state index in [-0.39, 0.29) is 23.9 Å². The van der Waals surface area contributed by atoms with Crippen molar-refractivity contribution >= 4 is 17.5 Å². The van der Waals surface area contributed by atoms with E-state index in [1.54, 1.807) is 36.4 Å². The number of carbonyl (C=O) groups is 1. The predicted molar refractivity (Wildman–Crippen MR) is 104 cm³/mol. The van der Waals surface area contributed by atoms with Crippen molar-refractivity contribution in [1.29, 1.82) is 0 Å². The van der Waals surface area contributed by atoms with Gasteiger partial charge in [0.25, 0.3) is 5.91 Å². The van der Waals surface area contributed by atoms with E-state index in [2.05, 4.69) is 12.2 Å². The maximum Gasteiger partial charge on any atom is 0.251 e. The Kier molecular flexibility index (Phi) is 5.09.